The van der Waals surface area contributed by atoms with Crippen molar-refractivity contribution in [3.63, 3.8) is 0 Å². The number of nitrogens with two attached hydrogens (primary N) is 1. The molecule has 0 bridgehead atoms. The molecule has 7 nitrogen and oxygen atoms in total. The lowest BCUT2D eigenvalue weighted by Gasteiger charge is -2.16. The summed E-state index contributed by atoms with van der Waals surface area (Å²) < 4.78 is 43.1. The lowest BCUT2D eigenvalue weighted by molar-refractivity contribution is -0.142. The highest BCUT2D eigenvalue weighted by Crippen LogP contribution is 2.33. The largest absolute Gasteiger partial charge is 0.466 e. The van der Waals surface area contributed by atoms with Crippen molar-refractivity contribution in [2.45, 2.75) is 31.9 Å². The normalized spacial score (nSPS) is 12.6. The van der Waals surface area contributed by atoms with Gasteiger partial charge in [-0.15, -0.1) is 0 Å². The molecule has 0 spiro atoms. The minimum atomic E-state index is -4.52. The van der Waals surface area contributed by atoms with Gasteiger partial charge in [0.1, 0.15) is 0 Å². The SMILES string of the molecule is CCOC(=O)Cc1[nH][nH]c(=O)c1[C@@H](CC(N)=O)c1ccc(C(F)(F)F)cc1. The van der Waals surface area contributed by atoms with Crippen LogP contribution in [0.2, 0.25) is 0 Å². The Morgan fingerprint density at radius 1 is 1.19 bits per heavy atom. The average molecular weight is 385 g/mol. The lowest BCUT2D eigenvalue weighted by Crippen LogP contribution is -2.22. The molecule has 1 amide bonds. The van der Waals surface area contributed by atoms with E-state index < -0.39 is 35.1 Å². The summed E-state index contributed by atoms with van der Waals surface area (Å²) >= 11 is 0. The number of benzene rings is 1. The van der Waals surface area contributed by atoms with Gasteiger partial charge in [-0.1, -0.05) is 12.1 Å². The third kappa shape index (κ3) is 4.99. The number of carbonyl (C=O) groups excluding carboxylic acids is 2. The highest BCUT2D eigenvalue weighted by atomic mass is 19.4. The molecule has 0 saturated carbocycles. The molecule has 0 radical (unpaired) electrons. The van der Waals surface area contributed by atoms with E-state index in [1.165, 1.54) is 12.1 Å². The highest BCUT2D eigenvalue weighted by molar-refractivity contribution is 5.76. The van der Waals surface area contributed by atoms with E-state index in [1.807, 2.05) is 0 Å². The Morgan fingerprint density at radius 2 is 1.81 bits per heavy atom. The topological polar surface area (TPSA) is 118 Å². The molecule has 0 fully saturated rings. The summed E-state index contributed by atoms with van der Waals surface area (Å²) in [7, 11) is 0. The van der Waals surface area contributed by atoms with Crippen LogP contribution in [-0.2, 0) is 26.9 Å². The molecule has 1 aromatic heterocycles. The van der Waals surface area contributed by atoms with Crippen LogP contribution in [0.4, 0.5) is 13.2 Å². The molecule has 0 aliphatic heterocycles. The van der Waals surface area contributed by atoms with E-state index in [4.69, 9.17) is 10.5 Å². The van der Waals surface area contributed by atoms with Crippen LogP contribution in [0.3, 0.4) is 0 Å². The molecule has 0 aliphatic carbocycles. The standard InChI is InChI=1S/C17H18F3N3O4/c1-2-27-14(25)8-12-15(16(26)23-22-12)11(7-13(21)24)9-3-5-10(6-4-9)17(18,19)20/h3-6,11H,2,7-8H2,1H3,(H2,21,24)(H2,22,23,26)/t11-/m0/s1. The van der Waals surface area contributed by atoms with E-state index in [-0.39, 0.29) is 36.3 Å². The number of ether oxygens (including phenoxy) is 1. The number of esters is 1. The molecule has 4 N–H and O–H groups in total. The fourth-order valence-corrected chi connectivity index (χ4v) is 2.76. The van der Waals surface area contributed by atoms with Gasteiger partial charge in [0, 0.05) is 17.9 Å². The number of amides is 1. The van der Waals surface area contributed by atoms with Crippen LogP contribution >= 0.6 is 0 Å². The van der Waals surface area contributed by atoms with Crippen LogP contribution in [-0.4, -0.2) is 28.7 Å². The van der Waals surface area contributed by atoms with Crippen molar-refractivity contribution < 1.29 is 27.5 Å². The van der Waals surface area contributed by atoms with E-state index in [1.54, 1.807) is 6.92 Å². The highest BCUT2D eigenvalue weighted by Gasteiger charge is 2.31. The molecule has 0 saturated heterocycles. The quantitative estimate of drug-likeness (QED) is 0.630. The zero-order valence-corrected chi connectivity index (χ0v) is 14.4. The Labute approximate surface area is 151 Å². The number of hydrogen-bond acceptors (Lipinski definition) is 4. The zero-order chi connectivity index (χ0) is 20.2. The summed E-state index contributed by atoms with van der Waals surface area (Å²) in [5.41, 5.74) is 4.32. The first-order chi connectivity index (χ1) is 12.6. The number of H-pyrrole nitrogens is 2. The van der Waals surface area contributed by atoms with Gasteiger partial charge in [-0.05, 0) is 24.6 Å². The molecule has 1 atom stereocenters. The van der Waals surface area contributed by atoms with Crippen LogP contribution in [0.25, 0.3) is 0 Å². The second-order valence-electron chi connectivity index (χ2n) is 5.80. The van der Waals surface area contributed by atoms with E-state index in [2.05, 4.69) is 10.2 Å². The molecule has 146 valence electrons. The summed E-state index contributed by atoms with van der Waals surface area (Å²) in [6.45, 7) is 1.77. The molecule has 0 aliphatic rings. The number of primary amides is 1. The second kappa shape index (κ2) is 8.11. The summed E-state index contributed by atoms with van der Waals surface area (Å²) in [5.74, 6) is -2.26. The van der Waals surface area contributed by atoms with Gasteiger partial charge in [0.15, 0.2) is 0 Å². The molecule has 0 unspecified atom stereocenters. The first kappa shape index (κ1) is 20.3. The predicted molar refractivity (Wildman–Crippen MR) is 88.8 cm³/mol. The van der Waals surface area contributed by atoms with Crippen molar-refractivity contribution in [2.24, 2.45) is 5.73 Å². The number of halogens is 3. The Morgan fingerprint density at radius 3 is 2.33 bits per heavy atom. The Balaban J connectivity index is 2.46. The Hall–Kier alpha value is -3.04. The third-order valence-corrected chi connectivity index (χ3v) is 3.92. The van der Waals surface area contributed by atoms with Crippen molar-refractivity contribution in [2.75, 3.05) is 6.61 Å². The molecule has 10 heteroatoms. The van der Waals surface area contributed by atoms with E-state index in [0.717, 1.165) is 12.1 Å². The molecule has 1 heterocycles. The number of hydrogen-bond donors (Lipinski definition) is 3. The average Bonchev–Trinajstić information content (AvgIpc) is 2.92. The Kier molecular flexibility index (Phi) is 6.09. The van der Waals surface area contributed by atoms with Gasteiger partial charge in [0.25, 0.3) is 5.56 Å². The maximum atomic E-state index is 12.8. The first-order valence-corrected chi connectivity index (χ1v) is 8.04. The summed E-state index contributed by atoms with van der Waals surface area (Å²) in [6, 6.07) is 4.07. The molecule has 1 aromatic carbocycles. The fourth-order valence-electron chi connectivity index (χ4n) is 2.76. The summed E-state index contributed by atoms with van der Waals surface area (Å²) in [4.78, 5) is 35.4. The number of aromatic amines is 2. The maximum absolute atomic E-state index is 12.8. The van der Waals surface area contributed by atoms with E-state index in [9.17, 15) is 27.6 Å². The fraction of sp³-hybridized carbons (Fsp3) is 0.353. The number of rotatable bonds is 7. The van der Waals surface area contributed by atoms with Crippen molar-refractivity contribution in [3.8, 4) is 0 Å². The lowest BCUT2D eigenvalue weighted by atomic mass is 9.87. The molecular formula is C17H18F3N3O4. The van der Waals surface area contributed by atoms with Gasteiger partial charge < -0.3 is 15.6 Å². The van der Waals surface area contributed by atoms with E-state index >= 15 is 0 Å². The van der Waals surface area contributed by atoms with Gasteiger partial charge in [-0.25, -0.2) is 0 Å². The monoisotopic (exact) mass is 385 g/mol. The van der Waals surface area contributed by atoms with Crippen molar-refractivity contribution in [3.05, 3.63) is 57.0 Å². The maximum Gasteiger partial charge on any atom is 0.416 e. The van der Waals surface area contributed by atoms with Crippen LogP contribution in [0.5, 0.6) is 0 Å². The number of carbonyl (C=O) groups is 2. The minimum absolute atomic E-state index is 0.0570. The van der Waals surface area contributed by atoms with Gasteiger partial charge in [-0.2, -0.15) is 13.2 Å². The minimum Gasteiger partial charge on any atom is -0.466 e. The van der Waals surface area contributed by atoms with Crippen molar-refractivity contribution >= 4 is 11.9 Å². The van der Waals surface area contributed by atoms with E-state index in [0.29, 0.717) is 0 Å². The van der Waals surface area contributed by atoms with Crippen LogP contribution in [0.15, 0.2) is 29.1 Å². The number of aromatic nitrogens is 2. The van der Waals surface area contributed by atoms with Gasteiger partial charge in [0.2, 0.25) is 5.91 Å². The predicted octanol–water partition coefficient (Wildman–Crippen LogP) is 1.83. The van der Waals surface area contributed by atoms with Gasteiger partial charge >= 0.3 is 12.1 Å². The number of nitrogens with one attached hydrogen (secondary N) is 2. The summed E-state index contributed by atoms with van der Waals surface area (Å²) in [6.07, 6.45) is -5.10. The number of alkyl halides is 3. The molecule has 2 aromatic rings. The van der Waals surface area contributed by atoms with Gasteiger partial charge in [0.05, 0.1) is 24.3 Å². The molecular weight excluding hydrogens is 367 g/mol. The smallest absolute Gasteiger partial charge is 0.416 e. The molecule has 2 rings (SSSR count). The third-order valence-electron chi connectivity index (χ3n) is 3.92. The Bertz CT molecular complexity index is 869. The zero-order valence-electron chi connectivity index (χ0n) is 14.4. The van der Waals surface area contributed by atoms with Crippen LogP contribution < -0.4 is 11.3 Å². The van der Waals surface area contributed by atoms with Crippen LogP contribution in [0, 0.1) is 0 Å². The first-order valence-electron chi connectivity index (χ1n) is 8.04. The van der Waals surface area contributed by atoms with Crippen molar-refractivity contribution in [1.82, 2.24) is 10.2 Å². The van der Waals surface area contributed by atoms with Crippen molar-refractivity contribution in [1.29, 1.82) is 0 Å². The second-order valence-corrected chi connectivity index (χ2v) is 5.80. The summed E-state index contributed by atoms with van der Waals surface area (Å²) in [5, 5.41) is 4.88. The van der Waals surface area contributed by atoms with Gasteiger partial charge in [-0.3, -0.25) is 19.5 Å². The molecule has 27 heavy (non-hydrogen) atoms. The van der Waals surface area contributed by atoms with Crippen LogP contribution in [0.1, 0.15) is 41.6 Å².